The molecule has 0 amide bonds. The first kappa shape index (κ1) is 16.6. The van der Waals surface area contributed by atoms with Gasteiger partial charge in [0.1, 0.15) is 0 Å². The first-order valence-corrected chi connectivity index (χ1v) is 9.47. The Morgan fingerprint density at radius 3 is 1.69 bits per heavy atom. The van der Waals surface area contributed by atoms with Gasteiger partial charge in [0.2, 0.25) is 0 Å². The summed E-state index contributed by atoms with van der Waals surface area (Å²) in [6.07, 6.45) is 4.37. The topological polar surface area (TPSA) is 0 Å². The lowest BCUT2D eigenvalue weighted by Gasteiger charge is -2.14. The van der Waals surface area contributed by atoms with Crippen LogP contribution in [0.1, 0.15) is 22.3 Å². The standard InChI is InChI=1S/C26H24/c1-3-9-21(10-4-1)15-17-24-19-18-23-13-7-8-14-25(23)26(24)20-16-22-11-5-2-6-12-22/h1-14,18-19H,15-17,20H2. The highest BCUT2D eigenvalue weighted by molar-refractivity contribution is 5.86. The molecule has 0 aliphatic heterocycles. The van der Waals surface area contributed by atoms with Gasteiger partial charge in [0, 0.05) is 0 Å². The van der Waals surface area contributed by atoms with Crippen LogP contribution in [0.3, 0.4) is 0 Å². The highest BCUT2D eigenvalue weighted by Crippen LogP contribution is 2.25. The molecule has 0 nitrogen and oxygen atoms in total. The van der Waals surface area contributed by atoms with Gasteiger partial charge in [-0.25, -0.2) is 0 Å². The second-order valence-corrected chi connectivity index (χ2v) is 6.90. The molecular formula is C26H24. The van der Waals surface area contributed by atoms with Gasteiger partial charge in [0.15, 0.2) is 0 Å². The second-order valence-electron chi connectivity index (χ2n) is 6.90. The Kier molecular flexibility index (Phi) is 5.12. The molecule has 0 N–H and O–H groups in total. The van der Waals surface area contributed by atoms with Gasteiger partial charge in [-0.05, 0) is 58.7 Å². The molecule has 0 atom stereocenters. The van der Waals surface area contributed by atoms with Gasteiger partial charge in [-0.2, -0.15) is 0 Å². The fourth-order valence-electron chi connectivity index (χ4n) is 3.75. The summed E-state index contributed by atoms with van der Waals surface area (Å²) in [5.74, 6) is 0. The molecule has 4 rings (SSSR count). The summed E-state index contributed by atoms with van der Waals surface area (Å²) in [6.45, 7) is 0. The zero-order valence-corrected chi connectivity index (χ0v) is 15.1. The van der Waals surface area contributed by atoms with Gasteiger partial charge < -0.3 is 0 Å². The molecule has 0 heterocycles. The largest absolute Gasteiger partial charge is 0.0622 e. The van der Waals surface area contributed by atoms with E-state index in [2.05, 4.69) is 97.1 Å². The minimum Gasteiger partial charge on any atom is -0.0622 e. The normalized spacial score (nSPS) is 10.9. The highest BCUT2D eigenvalue weighted by Gasteiger charge is 2.08. The molecule has 0 aliphatic rings. The number of hydrogen-bond acceptors (Lipinski definition) is 0. The molecule has 4 aromatic rings. The quantitative estimate of drug-likeness (QED) is 0.381. The van der Waals surface area contributed by atoms with Crippen LogP contribution in [0.5, 0.6) is 0 Å². The van der Waals surface area contributed by atoms with Crippen LogP contribution in [-0.4, -0.2) is 0 Å². The molecule has 0 bridgehead atoms. The van der Waals surface area contributed by atoms with Crippen LogP contribution in [0.15, 0.2) is 97.1 Å². The molecule has 4 aromatic carbocycles. The maximum atomic E-state index is 2.34. The zero-order valence-electron chi connectivity index (χ0n) is 15.1. The molecule has 0 unspecified atom stereocenters. The van der Waals surface area contributed by atoms with E-state index < -0.39 is 0 Å². The fourth-order valence-corrected chi connectivity index (χ4v) is 3.75. The summed E-state index contributed by atoms with van der Waals surface area (Å²) in [5.41, 5.74) is 5.83. The van der Waals surface area contributed by atoms with Crippen LogP contribution in [0.4, 0.5) is 0 Å². The molecule has 0 heteroatoms. The molecule has 128 valence electrons. The Hall–Kier alpha value is -2.86. The third-order valence-corrected chi connectivity index (χ3v) is 5.17. The van der Waals surface area contributed by atoms with Crippen molar-refractivity contribution in [2.75, 3.05) is 0 Å². The number of benzene rings is 4. The maximum absolute atomic E-state index is 2.34. The first-order chi connectivity index (χ1) is 12.9. The predicted molar refractivity (Wildman–Crippen MR) is 112 cm³/mol. The fraction of sp³-hybridized carbons (Fsp3) is 0.154. The van der Waals surface area contributed by atoms with E-state index in [1.54, 1.807) is 0 Å². The van der Waals surface area contributed by atoms with Crippen molar-refractivity contribution in [1.29, 1.82) is 0 Å². The van der Waals surface area contributed by atoms with Gasteiger partial charge in [-0.1, -0.05) is 97.1 Å². The maximum Gasteiger partial charge on any atom is -0.0149 e. The molecule has 0 spiro atoms. The van der Waals surface area contributed by atoms with Gasteiger partial charge >= 0.3 is 0 Å². The Bertz CT molecular complexity index is 968. The number of fused-ring (bicyclic) bond motifs is 1. The average Bonchev–Trinajstić information content (AvgIpc) is 2.72. The molecule has 26 heavy (non-hydrogen) atoms. The summed E-state index contributed by atoms with van der Waals surface area (Å²) < 4.78 is 0. The van der Waals surface area contributed by atoms with Crippen molar-refractivity contribution in [2.45, 2.75) is 25.7 Å². The lowest BCUT2D eigenvalue weighted by Crippen LogP contribution is -2.01. The summed E-state index contributed by atoms with van der Waals surface area (Å²) in [5, 5.41) is 2.76. The minimum atomic E-state index is 1.09. The molecule has 0 saturated heterocycles. The van der Waals surface area contributed by atoms with Crippen molar-refractivity contribution in [3.05, 3.63) is 119 Å². The number of aryl methyl sites for hydroxylation is 4. The molecule has 0 fully saturated rings. The van der Waals surface area contributed by atoms with Crippen molar-refractivity contribution in [3.63, 3.8) is 0 Å². The van der Waals surface area contributed by atoms with E-state index in [4.69, 9.17) is 0 Å². The highest BCUT2D eigenvalue weighted by atomic mass is 14.1. The van der Waals surface area contributed by atoms with Crippen molar-refractivity contribution in [1.82, 2.24) is 0 Å². The third kappa shape index (κ3) is 3.86. The van der Waals surface area contributed by atoms with E-state index in [-0.39, 0.29) is 0 Å². The SMILES string of the molecule is c1ccc(CCc2ccc3ccccc3c2CCc2ccccc2)cc1. The smallest absolute Gasteiger partial charge is 0.0149 e. The predicted octanol–water partition coefficient (Wildman–Crippen LogP) is 6.41. The van der Waals surface area contributed by atoms with Gasteiger partial charge in [-0.3, -0.25) is 0 Å². The Morgan fingerprint density at radius 2 is 1.00 bits per heavy atom. The van der Waals surface area contributed by atoms with Crippen LogP contribution >= 0.6 is 0 Å². The van der Waals surface area contributed by atoms with Crippen molar-refractivity contribution in [2.24, 2.45) is 0 Å². The molecule has 0 saturated carbocycles. The summed E-state index contributed by atoms with van der Waals surface area (Å²) in [7, 11) is 0. The van der Waals surface area contributed by atoms with Gasteiger partial charge in [0.05, 0.1) is 0 Å². The first-order valence-electron chi connectivity index (χ1n) is 9.47. The van der Waals surface area contributed by atoms with Gasteiger partial charge in [-0.15, -0.1) is 0 Å². The van der Waals surface area contributed by atoms with Gasteiger partial charge in [0.25, 0.3) is 0 Å². The van der Waals surface area contributed by atoms with E-state index in [0.717, 1.165) is 25.7 Å². The molecule has 0 aromatic heterocycles. The van der Waals surface area contributed by atoms with Crippen LogP contribution in [0, 0.1) is 0 Å². The summed E-state index contributed by atoms with van der Waals surface area (Å²) >= 11 is 0. The molecular weight excluding hydrogens is 312 g/mol. The van der Waals surface area contributed by atoms with E-state index >= 15 is 0 Å². The summed E-state index contributed by atoms with van der Waals surface area (Å²) in [6, 6.07) is 35.0. The monoisotopic (exact) mass is 336 g/mol. The lowest BCUT2D eigenvalue weighted by molar-refractivity contribution is 0.902. The Balaban J connectivity index is 1.63. The number of rotatable bonds is 6. The van der Waals surface area contributed by atoms with Crippen LogP contribution in [-0.2, 0) is 25.7 Å². The van der Waals surface area contributed by atoms with E-state index in [0.29, 0.717) is 0 Å². The van der Waals surface area contributed by atoms with Crippen molar-refractivity contribution in [3.8, 4) is 0 Å². The van der Waals surface area contributed by atoms with Crippen LogP contribution in [0.25, 0.3) is 10.8 Å². The zero-order chi connectivity index (χ0) is 17.6. The van der Waals surface area contributed by atoms with Crippen LogP contribution < -0.4 is 0 Å². The average molecular weight is 336 g/mol. The lowest BCUT2D eigenvalue weighted by atomic mass is 9.91. The molecule has 0 aliphatic carbocycles. The third-order valence-electron chi connectivity index (χ3n) is 5.17. The second kappa shape index (κ2) is 8.01. The van der Waals surface area contributed by atoms with Crippen molar-refractivity contribution < 1.29 is 0 Å². The molecule has 0 radical (unpaired) electrons. The minimum absolute atomic E-state index is 1.09. The van der Waals surface area contributed by atoms with E-state index in [9.17, 15) is 0 Å². The summed E-state index contributed by atoms with van der Waals surface area (Å²) in [4.78, 5) is 0. The Labute approximate surface area is 156 Å². The van der Waals surface area contributed by atoms with Crippen LogP contribution in [0.2, 0.25) is 0 Å². The van der Waals surface area contributed by atoms with E-state index in [1.165, 1.54) is 33.0 Å². The Morgan fingerprint density at radius 1 is 0.423 bits per heavy atom. The van der Waals surface area contributed by atoms with Crippen molar-refractivity contribution >= 4 is 10.8 Å². The van der Waals surface area contributed by atoms with E-state index in [1.807, 2.05) is 0 Å². The number of hydrogen-bond donors (Lipinski definition) is 0.